The van der Waals surface area contributed by atoms with Gasteiger partial charge in [-0.25, -0.2) is 4.39 Å². The van der Waals surface area contributed by atoms with Crippen LogP contribution in [-0.4, -0.2) is 54.8 Å². The molecule has 0 bridgehead atoms. The number of hydrogen-bond donors (Lipinski definition) is 0. The average molecular weight is 481 g/mol. The van der Waals surface area contributed by atoms with Crippen molar-refractivity contribution in [3.8, 4) is 0 Å². The summed E-state index contributed by atoms with van der Waals surface area (Å²) in [5.41, 5.74) is 2.14. The summed E-state index contributed by atoms with van der Waals surface area (Å²) in [6.07, 6.45) is 0.871. The van der Waals surface area contributed by atoms with Crippen LogP contribution in [0.4, 0.5) is 4.39 Å². The fraction of sp³-hybridized carbons (Fsp3) is 0.409. The highest BCUT2D eigenvalue weighted by Crippen LogP contribution is 2.38. The predicted molar refractivity (Wildman–Crippen MR) is 119 cm³/mol. The molecule has 0 aromatic heterocycles. The van der Waals surface area contributed by atoms with Gasteiger partial charge in [0.25, 0.3) is 0 Å². The zero-order valence-electron chi connectivity index (χ0n) is 16.5. The fourth-order valence-electron chi connectivity index (χ4n) is 3.41. The minimum atomic E-state index is -0.256. The number of amides is 1. The number of thioether (sulfide) groups is 1. The Morgan fingerprint density at radius 2 is 1.97 bits per heavy atom. The molecule has 1 amide bonds. The van der Waals surface area contributed by atoms with Gasteiger partial charge in [-0.3, -0.25) is 9.69 Å². The SMILES string of the molecule is COCCCN(CC(=O)N1CCS[C@H]1c1ccc(F)cc1)Cc1ccc(Br)cc1. The summed E-state index contributed by atoms with van der Waals surface area (Å²) >= 11 is 5.20. The van der Waals surface area contributed by atoms with Crippen molar-refractivity contribution in [2.24, 2.45) is 0 Å². The molecule has 7 heteroatoms. The number of ether oxygens (including phenoxy) is 1. The van der Waals surface area contributed by atoms with Crippen LogP contribution in [0.5, 0.6) is 0 Å². The number of rotatable bonds is 9. The van der Waals surface area contributed by atoms with E-state index in [0.717, 1.165) is 35.3 Å². The maximum Gasteiger partial charge on any atom is 0.237 e. The van der Waals surface area contributed by atoms with Crippen molar-refractivity contribution >= 4 is 33.6 Å². The van der Waals surface area contributed by atoms with Gasteiger partial charge in [0.1, 0.15) is 11.2 Å². The maximum atomic E-state index is 13.3. The van der Waals surface area contributed by atoms with Gasteiger partial charge in [0, 0.05) is 43.6 Å². The molecule has 0 radical (unpaired) electrons. The molecular weight excluding hydrogens is 455 g/mol. The van der Waals surface area contributed by atoms with E-state index in [9.17, 15) is 9.18 Å². The molecule has 0 spiro atoms. The van der Waals surface area contributed by atoms with Gasteiger partial charge < -0.3 is 9.64 Å². The van der Waals surface area contributed by atoms with Crippen LogP contribution in [-0.2, 0) is 16.1 Å². The van der Waals surface area contributed by atoms with Crippen LogP contribution in [0.15, 0.2) is 53.0 Å². The van der Waals surface area contributed by atoms with Crippen molar-refractivity contribution in [3.05, 3.63) is 69.9 Å². The van der Waals surface area contributed by atoms with E-state index in [2.05, 4.69) is 33.0 Å². The van der Waals surface area contributed by atoms with Crippen LogP contribution >= 0.6 is 27.7 Å². The van der Waals surface area contributed by atoms with Crippen molar-refractivity contribution in [2.75, 3.05) is 39.1 Å². The first-order valence-corrected chi connectivity index (χ1v) is 11.5. The van der Waals surface area contributed by atoms with Crippen LogP contribution in [0.25, 0.3) is 0 Å². The predicted octanol–water partition coefficient (Wildman–Crippen LogP) is 4.70. The van der Waals surface area contributed by atoms with E-state index >= 15 is 0 Å². The summed E-state index contributed by atoms with van der Waals surface area (Å²) in [7, 11) is 1.69. The molecule has 0 aliphatic carbocycles. The summed E-state index contributed by atoms with van der Waals surface area (Å²) in [6.45, 7) is 3.25. The molecule has 1 atom stereocenters. The van der Waals surface area contributed by atoms with Gasteiger partial charge in [-0.15, -0.1) is 11.8 Å². The zero-order valence-corrected chi connectivity index (χ0v) is 18.9. The molecule has 0 N–H and O–H groups in total. The summed E-state index contributed by atoms with van der Waals surface area (Å²) in [6, 6.07) is 14.7. The second kappa shape index (κ2) is 11.1. The summed E-state index contributed by atoms with van der Waals surface area (Å²) in [5, 5.41) is -0.0448. The Morgan fingerprint density at radius 3 is 2.66 bits per heavy atom. The first-order chi connectivity index (χ1) is 14.1. The average Bonchev–Trinajstić information content (AvgIpc) is 3.20. The van der Waals surface area contributed by atoms with Crippen LogP contribution in [0.3, 0.4) is 0 Å². The molecule has 1 fully saturated rings. The van der Waals surface area contributed by atoms with Gasteiger partial charge in [0.15, 0.2) is 0 Å². The molecule has 2 aromatic carbocycles. The molecule has 1 aliphatic heterocycles. The molecule has 0 saturated carbocycles. The van der Waals surface area contributed by atoms with Gasteiger partial charge in [-0.1, -0.05) is 40.2 Å². The Hall–Kier alpha value is -1.41. The zero-order chi connectivity index (χ0) is 20.6. The number of carbonyl (C=O) groups excluding carboxylic acids is 1. The van der Waals surface area contributed by atoms with Crippen LogP contribution in [0, 0.1) is 5.82 Å². The third-order valence-electron chi connectivity index (χ3n) is 4.87. The van der Waals surface area contributed by atoms with Crippen molar-refractivity contribution in [1.82, 2.24) is 9.80 Å². The molecule has 29 heavy (non-hydrogen) atoms. The van der Waals surface area contributed by atoms with E-state index in [1.807, 2.05) is 17.0 Å². The number of hydrogen-bond acceptors (Lipinski definition) is 4. The number of carbonyl (C=O) groups is 1. The Bertz CT molecular complexity index is 788. The third-order valence-corrected chi connectivity index (χ3v) is 6.66. The van der Waals surface area contributed by atoms with Crippen molar-refractivity contribution < 1.29 is 13.9 Å². The number of halogens is 2. The van der Waals surface area contributed by atoms with Gasteiger partial charge in [0.05, 0.1) is 6.54 Å². The summed E-state index contributed by atoms with van der Waals surface area (Å²) in [5.74, 6) is 0.747. The van der Waals surface area contributed by atoms with Gasteiger partial charge in [-0.2, -0.15) is 0 Å². The molecule has 3 rings (SSSR count). The molecule has 4 nitrogen and oxygen atoms in total. The first kappa shape index (κ1) is 22.3. The second-order valence-corrected chi connectivity index (χ2v) is 9.15. The Balaban J connectivity index is 1.67. The highest BCUT2D eigenvalue weighted by atomic mass is 79.9. The molecular formula is C22H26BrFN2O2S. The lowest BCUT2D eigenvalue weighted by Gasteiger charge is -2.28. The second-order valence-electron chi connectivity index (χ2n) is 7.05. The Morgan fingerprint density at radius 1 is 1.24 bits per heavy atom. The largest absolute Gasteiger partial charge is 0.385 e. The smallest absolute Gasteiger partial charge is 0.237 e. The Labute approximate surface area is 184 Å². The van der Waals surface area contributed by atoms with E-state index in [-0.39, 0.29) is 17.1 Å². The molecule has 156 valence electrons. The number of nitrogens with zero attached hydrogens (tertiary/aromatic N) is 2. The van der Waals surface area contributed by atoms with Crippen molar-refractivity contribution in [1.29, 1.82) is 0 Å². The molecule has 1 saturated heterocycles. The first-order valence-electron chi connectivity index (χ1n) is 9.69. The minimum absolute atomic E-state index is 0.0448. The summed E-state index contributed by atoms with van der Waals surface area (Å²) < 4.78 is 19.5. The maximum absolute atomic E-state index is 13.3. The van der Waals surface area contributed by atoms with Gasteiger partial charge in [-0.05, 0) is 41.8 Å². The quantitative estimate of drug-likeness (QED) is 0.486. The molecule has 0 unspecified atom stereocenters. The lowest BCUT2D eigenvalue weighted by Crippen LogP contribution is -2.40. The lowest BCUT2D eigenvalue weighted by molar-refractivity contribution is -0.132. The van der Waals surface area contributed by atoms with Crippen LogP contribution in [0.2, 0.25) is 0 Å². The van der Waals surface area contributed by atoms with E-state index < -0.39 is 0 Å². The monoisotopic (exact) mass is 480 g/mol. The van der Waals surface area contributed by atoms with Crippen LogP contribution < -0.4 is 0 Å². The standard InChI is InChI=1S/C22H26BrFN2O2S/c1-28-13-2-11-25(15-17-3-7-19(23)8-4-17)16-21(27)26-12-14-29-22(26)18-5-9-20(24)10-6-18/h3-10,22H,2,11-16H2,1H3/t22-/m0/s1. The highest BCUT2D eigenvalue weighted by molar-refractivity contribution is 9.10. The normalized spacial score (nSPS) is 16.6. The highest BCUT2D eigenvalue weighted by Gasteiger charge is 2.31. The van der Waals surface area contributed by atoms with E-state index in [1.54, 1.807) is 31.0 Å². The minimum Gasteiger partial charge on any atom is -0.385 e. The van der Waals surface area contributed by atoms with E-state index in [4.69, 9.17) is 4.74 Å². The van der Waals surface area contributed by atoms with Gasteiger partial charge >= 0.3 is 0 Å². The van der Waals surface area contributed by atoms with E-state index in [1.165, 1.54) is 17.7 Å². The van der Waals surface area contributed by atoms with Crippen molar-refractivity contribution in [3.63, 3.8) is 0 Å². The third kappa shape index (κ3) is 6.54. The molecule has 1 heterocycles. The lowest BCUT2D eigenvalue weighted by atomic mass is 10.2. The topological polar surface area (TPSA) is 32.8 Å². The van der Waals surface area contributed by atoms with E-state index in [0.29, 0.717) is 19.7 Å². The Kier molecular flexibility index (Phi) is 8.53. The summed E-state index contributed by atoms with van der Waals surface area (Å²) in [4.78, 5) is 17.2. The molecule has 2 aromatic rings. The van der Waals surface area contributed by atoms with Gasteiger partial charge in [0.2, 0.25) is 5.91 Å². The number of methoxy groups -OCH3 is 1. The van der Waals surface area contributed by atoms with Crippen LogP contribution in [0.1, 0.15) is 22.9 Å². The fourth-order valence-corrected chi connectivity index (χ4v) is 4.95. The van der Waals surface area contributed by atoms with Crippen molar-refractivity contribution in [2.45, 2.75) is 18.3 Å². The number of benzene rings is 2. The molecule has 1 aliphatic rings.